The molecule has 15 heavy (non-hydrogen) atoms. The normalized spacial score (nSPS) is 12.7. The average Bonchev–Trinajstić information content (AvgIpc) is 2.63. The molecule has 1 aromatic rings. The minimum Gasteiger partial charge on any atom is -0.475 e. The summed E-state index contributed by atoms with van der Waals surface area (Å²) in [6.07, 6.45) is 3.61. The van der Waals surface area contributed by atoms with Crippen LogP contribution in [0, 0.1) is 0 Å². The molecular formula is C11H17NO3. The Hall–Kier alpha value is -1.29. The molecule has 0 fully saturated rings. The van der Waals surface area contributed by atoms with Crippen molar-refractivity contribution in [2.75, 3.05) is 0 Å². The average molecular weight is 211 g/mol. The van der Waals surface area contributed by atoms with Crippen LogP contribution in [-0.4, -0.2) is 17.1 Å². The van der Waals surface area contributed by atoms with Crippen LogP contribution in [0.2, 0.25) is 0 Å². The maximum Gasteiger partial charge on any atom is 0.372 e. The molecule has 4 heteroatoms. The summed E-state index contributed by atoms with van der Waals surface area (Å²) in [5.74, 6) is -0.980. The maximum atomic E-state index is 10.7. The lowest BCUT2D eigenvalue weighted by molar-refractivity contribution is 0.0660. The highest BCUT2D eigenvalue weighted by molar-refractivity contribution is 5.86. The standard InChI is InChI=1S/C11H17NO3/c1-3-4-8(2)12-7-9-5-6-15-10(9)11(13)14/h5-6,8,12H,3-4,7H2,1-2H3,(H,13,14). The molecule has 84 valence electrons. The number of hydrogen-bond acceptors (Lipinski definition) is 3. The summed E-state index contributed by atoms with van der Waals surface area (Å²) in [5, 5.41) is 12.1. The quantitative estimate of drug-likeness (QED) is 0.757. The third-order valence-electron chi connectivity index (χ3n) is 2.30. The summed E-state index contributed by atoms with van der Waals surface area (Å²) in [6.45, 7) is 4.75. The molecule has 1 rings (SSSR count). The number of hydrogen-bond donors (Lipinski definition) is 2. The topological polar surface area (TPSA) is 62.5 Å². The zero-order valence-electron chi connectivity index (χ0n) is 9.12. The molecule has 1 unspecified atom stereocenters. The third-order valence-corrected chi connectivity index (χ3v) is 2.30. The second-order valence-corrected chi connectivity index (χ2v) is 3.65. The monoisotopic (exact) mass is 211 g/mol. The van der Waals surface area contributed by atoms with Gasteiger partial charge in [-0.2, -0.15) is 0 Å². The Morgan fingerprint density at radius 2 is 2.40 bits per heavy atom. The van der Waals surface area contributed by atoms with Gasteiger partial charge in [0.2, 0.25) is 5.76 Å². The molecule has 0 aliphatic heterocycles. The molecule has 1 heterocycles. The van der Waals surface area contributed by atoms with E-state index in [2.05, 4.69) is 19.2 Å². The minimum atomic E-state index is -1.01. The molecule has 0 spiro atoms. The highest BCUT2D eigenvalue weighted by Gasteiger charge is 2.13. The SMILES string of the molecule is CCCC(C)NCc1ccoc1C(=O)O. The number of carboxylic acids is 1. The molecule has 0 radical (unpaired) electrons. The van der Waals surface area contributed by atoms with Gasteiger partial charge in [0.15, 0.2) is 0 Å². The van der Waals surface area contributed by atoms with E-state index in [0.29, 0.717) is 18.2 Å². The molecule has 0 saturated carbocycles. The number of aromatic carboxylic acids is 1. The third kappa shape index (κ3) is 3.40. The summed E-state index contributed by atoms with van der Waals surface area (Å²) in [6, 6.07) is 2.08. The summed E-state index contributed by atoms with van der Waals surface area (Å²) >= 11 is 0. The zero-order chi connectivity index (χ0) is 11.3. The maximum absolute atomic E-state index is 10.7. The molecule has 2 N–H and O–H groups in total. The van der Waals surface area contributed by atoms with Crippen LogP contribution in [0.5, 0.6) is 0 Å². The largest absolute Gasteiger partial charge is 0.475 e. The van der Waals surface area contributed by atoms with E-state index in [1.165, 1.54) is 6.26 Å². The fourth-order valence-corrected chi connectivity index (χ4v) is 1.48. The van der Waals surface area contributed by atoms with Crippen molar-refractivity contribution in [3.63, 3.8) is 0 Å². The van der Waals surface area contributed by atoms with E-state index in [4.69, 9.17) is 9.52 Å². The molecule has 1 aromatic heterocycles. The van der Waals surface area contributed by atoms with Crippen LogP contribution in [-0.2, 0) is 6.54 Å². The molecule has 0 saturated heterocycles. The van der Waals surface area contributed by atoms with Crippen molar-refractivity contribution in [2.45, 2.75) is 39.3 Å². The molecule has 0 aliphatic rings. The molecule has 0 bridgehead atoms. The first-order valence-electron chi connectivity index (χ1n) is 5.18. The zero-order valence-corrected chi connectivity index (χ0v) is 9.12. The van der Waals surface area contributed by atoms with Gasteiger partial charge in [-0.25, -0.2) is 4.79 Å². The molecule has 0 aromatic carbocycles. The van der Waals surface area contributed by atoms with Gasteiger partial charge in [0, 0.05) is 18.2 Å². The van der Waals surface area contributed by atoms with Crippen molar-refractivity contribution in [1.29, 1.82) is 0 Å². The minimum absolute atomic E-state index is 0.0335. The number of carbonyl (C=O) groups is 1. The first-order chi connectivity index (χ1) is 7.15. The Balaban J connectivity index is 2.50. The highest BCUT2D eigenvalue weighted by atomic mass is 16.4. The number of carboxylic acid groups (broad SMARTS) is 1. The lowest BCUT2D eigenvalue weighted by atomic mass is 10.2. The van der Waals surface area contributed by atoms with Gasteiger partial charge in [-0.1, -0.05) is 13.3 Å². The fraction of sp³-hybridized carbons (Fsp3) is 0.545. The molecule has 1 atom stereocenters. The van der Waals surface area contributed by atoms with Gasteiger partial charge in [0.25, 0.3) is 0 Å². The van der Waals surface area contributed by atoms with E-state index in [1.54, 1.807) is 6.07 Å². The van der Waals surface area contributed by atoms with Crippen molar-refractivity contribution in [3.8, 4) is 0 Å². The van der Waals surface area contributed by atoms with Gasteiger partial charge in [-0.3, -0.25) is 0 Å². The van der Waals surface area contributed by atoms with Crippen LogP contribution in [0.1, 0.15) is 42.8 Å². The van der Waals surface area contributed by atoms with Gasteiger partial charge in [0.1, 0.15) is 0 Å². The summed E-state index contributed by atoms with van der Waals surface area (Å²) in [4.78, 5) is 10.7. The number of rotatable bonds is 6. The van der Waals surface area contributed by atoms with Crippen molar-refractivity contribution in [2.24, 2.45) is 0 Å². The Bertz CT molecular complexity index is 319. The second-order valence-electron chi connectivity index (χ2n) is 3.65. The van der Waals surface area contributed by atoms with E-state index < -0.39 is 5.97 Å². The van der Waals surface area contributed by atoms with Crippen LogP contribution in [0.3, 0.4) is 0 Å². The van der Waals surface area contributed by atoms with Gasteiger partial charge in [-0.05, 0) is 19.4 Å². The lowest BCUT2D eigenvalue weighted by Crippen LogP contribution is -2.25. The van der Waals surface area contributed by atoms with E-state index in [9.17, 15) is 4.79 Å². The number of furan rings is 1. The summed E-state index contributed by atoms with van der Waals surface area (Å²) in [5.41, 5.74) is 0.699. The van der Waals surface area contributed by atoms with Crippen LogP contribution in [0.25, 0.3) is 0 Å². The van der Waals surface area contributed by atoms with Crippen LogP contribution >= 0.6 is 0 Å². The van der Waals surface area contributed by atoms with E-state index in [1.807, 2.05) is 0 Å². The van der Waals surface area contributed by atoms with Crippen LogP contribution < -0.4 is 5.32 Å². The van der Waals surface area contributed by atoms with Crippen LogP contribution in [0.4, 0.5) is 0 Å². The number of nitrogens with one attached hydrogen (secondary N) is 1. The van der Waals surface area contributed by atoms with Gasteiger partial charge in [-0.15, -0.1) is 0 Å². The smallest absolute Gasteiger partial charge is 0.372 e. The van der Waals surface area contributed by atoms with E-state index in [0.717, 1.165) is 12.8 Å². The Kier molecular flexibility index (Phi) is 4.37. The first-order valence-corrected chi connectivity index (χ1v) is 5.18. The van der Waals surface area contributed by atoms with Crippen molar-refractivity contribution in [3.05, 3.63) is 23.7 Å². The Morgan fingerprint density at radius 3 is 3.00 bits per heavy atom. The lowest BCUT2D eigenvalue weighted by Gasteiger charge is -2.11. The van der Waals surface area contributed by atoms with Crippen LogP contribution in [0.15, 0.2) is 16.7 Å². The summed E-state index contributed by atoms with van der Waals surface area (Å²) in [7, 11) is 0. The fourth-order valence-electron chi connectivity index (χ4n) is 1.48. The van der Waals surface area contributed by atoms with Gasteiger partial charge < -0.3 is 14.8 Å². The molecule has 4 nitrogen and oxygen atoms in total. The molecule has 0 amide bonds. The van der Waals surface area contributed by atoms with Crippen molar-refractivity contribution in [1.82, 2.24) is 5.32 Å². The van der Waals surface area contributed by atoms with E-state index in [-0.39, 0.29) is 5.76 Å². The predicted molar refractivity (Wildman–Crippen MR) is 56.9 cm³/mol. The van der Waals surface area contributed by atoms with Crippen molar-refractivity contribution < 1.29 is 14.3 Å². The molecular weight excluding hydrogens is 194 g/mol. The molecule has 0 aliphatic carbocycles. The first kappa shape index (κ1) is 11.8. The van der Waals surface area contributed by atoms with Gasteiger partial charge >= 0.3 is 5.97 Å². The Labute approximate surface area is 89.3 Å². The predicted octanol–water partition coefficient (Wildman–Crippen LogP) is 2.26. The Morgan fingerprint density at radius 1 is 1.67 bits per heavy atom. The highest BCUT2D eigenvalue weighted by Crippen LogP contribution is 2.10. The van der Waals surface area contributed by atoms with Crippen molar-refractivity contribution >= 4 is 5.97 Å². The van der Waals surface area contributed by atoms with E-state index >= 15 is 0 Å². The summed E-state index contributed by atoms with van der Waals surface area (Å²) < 4.78 is 4.88. The second kappa shape index (κ2) is 5.56. The van der Waals surface area contributed by atoms with Gasteiger partial charge in [0.05, 0.1) is 6.26 Å².